The molecule has 1 amide bonds. The molecule has 3 aromatic rings. The normalized spacial score (nSPS) is 11.5. The molecule has 0 saturated carbocycles. The van der Waals surface area contributed by atoms with Crippen molar-refractivity contribution in [3.8, 4) is 11.5 Å². The maximum Gasteiger partial charge on any atom is 0.233 e. The van der Waals surface area contributed by atoms with Gasteiger partial charge in [0.1, 0.15) is 24.7 Å². The second kappa shape index (κ2) is 12.1. The van der Waals surface area contributed by atoms with E-state index in [-0.39, 0.29) is 18.0 Å². The molecule has 0 aromatic heterocycles. The van der Waals surface area contributed by atoms with Gasteiger partial charge in [-0.05, 0) is 113 Å². The van der Waals surface area contributed by atoms with E-state index in [0.717, 1.165) is 33.8 Å². The second-order valence-corrected chi connectivity index (χ2v) is 10.6. The molecule has 0 aliphatic carbocycles. The summed E-state index contributed by atoms with van der Waals surface area (Å²) in [7, 11) is 0. The van der Waals surface area contributed by atoms with Crippen LogP contribution in [-0.4, -0.2) is 28.6 Å². The summed E-state index contributed by atoms with van der Waals surface area (Å²) >= 11 is 0. The fourth-order valence-corrected chi connectivity index (χ4v) is 4.42. The minimum atomic E-state index is -0.625. The van der Waals surface area contributed by atoms with Crippen molar-refractivity contribution in [2.75, 3.05) is 0 Å². The van der Waals surface area contributed by atoms with Crippen molar-refractivity contribution in [3.63, 3.8) is 0 Å². The van der Waals surface area contributed by atoms with Crippen LogP contribution in [0.4, 0.5) is 0 Å². The number of hydrogen-bond donors (Lipinski definition) is 1. The van der Waals surface area contributed by atoms with Gasteiger partial charge in [0.15, 0.2) is 0 Å². The van der Waals surface area contributed by atoms with Gasteiger partial charge in [-0.3, -0.25) is 4.79 Å². The van der Waals surface area contributed by atoms with E-state index in [1.54, 1.807) is 6.92 Å². The van der Waals surface area contributed by atoms with E-state index in [4.69, 9.17) is 14.9 Å². The highest BCUT2D eigenvalue weighted by molar-refractivity contribution is 5.96. The highest BCUT2D eigenvalue weighted by Gasteiger charge is 2.35. The van der Waals surface area contributed by atoms with Crippen molar-refractivity contribution in [1.29, 1.82) is 5.41 Å². The highest BCUT2D eigenvalue weighted by atomic mass is 16.5. The van der Waals surface area contributed by atoms with E-state index in [1.807, 2.05) is 85.5 Å². The second-order valence-electron chi connectivity index (χ2n) is 10.6. The van der Waals surface area contributed by atoms with Crippen LogP contribution in [0.2, 0.25) is 0 Å². The van der Waals surface area contributed by atoms with Gasteiger partial charge in [0.2, 0.25) is 5.91 Å². The molecule has 0 atom stereocenters. The molecule has 0 bridgehead atoms. The Kier molecular flexibility index (Phi) is 9.14. The number of amides is 1. The molecule has 5 heteroatoms. The highest BCUT2D eigenvalue weighted by Crippen LogP contribution is 2.29. The minimum absolute atomic E-state index is 0.131. The molecule has 1 N–H and O–H groups in total. The van der Waals surface area contributed by atoms with Crippen LogP contribution >= 0.6 is 0 Å². The summed E-state index contributed by atoms with van der Waals surface area (Å²) in [6, 6.07) is 23.9. The van der Waals surface area contributed by atoms with Gasteiger partial charge < -0.3 is 19.8 Å². The van der Waals surface area contributed by atoms with E-state index in [2.05, 4.69) is 33.8 Å². The zero-order valence-corrected chi connectivity index (χ0v) is 23.2. The van der Waals surface area contributed by atoms with Crippen molar-refractivity contribution in [2.24, 2.45) is 0 Å². The molecule has 196 valence electrons. The van der Waals surface area contributed by atoms with Gasteiger partial charge in [-0.2, -0.15) is 0 Å². The Morgan fingerprint density at radius 1 is 0.811 bits per heavy atom. The Morgan fingerprint density at radius 3 is 1.70 bits per heavy atom. The zero-order chi connectivity index (χ0) is 27.2. The van der Waals surface area contributed by atoms with E-state index in [9.17, 15) is 4.79 Å². The number of hydrogen-bond acceptors (Lipinski definition) is 4. The lowest BCUT2D eigenvalue weighted by molar-refractivity contribution is -0.140. The third kappa shape index (κ3) is 7.22. The molecule has 0 aliphatic heterocycles. The van der Waals surface area contributed by atoms with Crippen LogP contribution < -0.4 is 9.47 Å². The van der Waals surface area contributed by atoms with Crippen LogP contribution in [0, 0.1) is 5.41 Å². The van der Waals surface area contributed by atoms with Crippen LogP contribution in [0.5, 0.6) is 11.5 Å². The summed E-state index contributed by atoms with van der Waals surface area (Å²) in [5, 5.41) is 7.70. The van der Waals surface area contributed by atoms with Crippen molar-refractivity contribution >= 4 is 11.6 Å². The number of nitrogens with one attached hydrogen (secondary N) is 1. The third-order valence-electron chi connectivity index (χ3n) is 6.55. The fourth-order valence-electron chi connectivity index (χ4n) is 4.42. The Labute approximate surface area is 221 Å². The molecule has 3 rings (SSSR count). The summed E-state index contributed by atoms with van der Waals surface area (Å²) < 4.78 is 12.0. The average molecular weight is 501 g/mol. The van der Waals surface area contributed by atoms with Crippen molar-refractivity contribution in [1.82, 2.24) is 4.90 Å². The van der Waals surface area contributed by atoms with Gasteiger partial charge >= 0.3 is 0 Å². The number of ether oxygens (including phenoxy) is 2. The molecule has 0 saturated heterocycles. The molecule has 0 fully saturated rings. The van der Waals surface area contributed by atoms with E-state index < -0.39 is 5.41 Å². The van der Waals surface area contributed by atoms with Gasteiger partial charge in [0, 0.05) is 17.8 Å². The van der Waals surface area contributed by atoms with Crippen molar-refractivity contribution in [2.45, 2.75) is 79.2 Å². The summed E-state index contributed by atoms with van der Waals surface area (Å²) in [4.78, 5) is 15.3. The molecule has 0 heterocycles. The first kappa shape index (κ1) is 28.0. The maximum atomic E-state index is 13.3. The van der Waals surface area contributed by atoms with Crippen molar-refractivity contribution < 1.29 is 14.3 Å². The molecule has 0 spiro atoms. The Morgan fingerprint density at radius 2 is 1.27 bits per heavy atom. The first-order valence-corrected chi connectivity index (χ1v) is 12.9. The Hall–Kier alpha value is -3.60. The van der Waals surface area contributed by atoms with Crippen LogP contribution in [0.3, 0.4) is 0 Å². The van der Waals surface area contributed by atoms with Crippen LogP contribution in [0.15, 0.2) is 72.8 Å². The molecule has 3 aromatic carbocycles. The first-order chi connectivity index (χ1) is 17.5. The fraction of sp³-hybridized carbons (Fsp3) is 0.375. The molecule has 37 heavy (non-hydrogen) atoms. The first-order valence-electron chi connectivity index (χ1n) is 12.9. The summed E-state index contributed by atoms with van der Waals surface area (Å²) in [5.74, 6) is 1.67. The SMILES string of the molecule is CC(=N)c1ccc(OCc2cccc(COc3ccc(C(C)(C)C(=O)N(C(C)C)C(C)C)cc3)c2)cc1. The lowest BCUT2D eigenvalue weighted by Gasteiger charge is -2.37. The Balaban J connectivity index is 1.59. The largest absolute Gasteiger partial charge is 0.489 e. The van der Waals surface area contributed by atoms with E-state index in [0.29, 0.717) is 18.9 Å². The predicted octanol–water partition coefficient (Wildman–Crippen LogP) is 7.16. The quantitative estimate of drug-likeness (QED) is 0.284. The summed E-state index contributed by atoms with van der Waals surface area (Å²) in [5.41, 5.74) is 3.89. The lowest BCUT2D eigenvalue weighted by Crippen LogP contribution is -2.50. The van der Waals surface area contributed by atoms with Gasteiger partial charge in [0.25, 0.3) is 0 Å². The molecule has 0 unspecified atom stereocenters. The predicted molar refractivity (Wildman–Crippen MR) is 151 cm³/mol. The molecular formula is C32H40N2O3. The maximum absolute atomic E-state index is 13.3. The molecule has 0 aliphatic rings. The van der Waals surface area contributed by atoms with Gasteiger partial charge in [-0.25, -0.2) is 0 Å². The lowest BCUT2D eigenvalue weighted by atomic mass is 9.82. The van der Waals surface area contributed by atoms with Crippen LogP contribution in [0.25, 0.3) is 0 Å². The molecular weight excluding hydrogens is 460 g/mol. The molecule has 5 nitrogen and oxygen atoms in total. The number of carbonyl (C=O) groups is 1. The van der Waals surface area contributed by atoms with Crippen molar-refractivity contribution in [3.05, 3.63) is 95.1 Å². The minimum Gasteiger partial charge on any atom is -0.489 e. The zero-order valence-electron chi connectivity index (χ0n) is 23.2. The number of nitrogens with zero attached hydrogens (tertiary/aromatic N) is 1. The smallest absolute Gasteiger partial charge is 0.233 e. The Bertz CT molecular complexity index is 1190. The number of benzene rings is 3. The van der Waals surface area contributed by atoms with Crippen LogP contribution in [-0.2, 0) is 23.4 Å². The van der Waals surface area contributed by atoms with Gasteiger partial charge in [-0.15, -0.1) is 0 Å². The van der Waals surface area contributed by atoms with E-state index in [1.165, 1.54) is 0 Å². The van der Waals surface area contributed by atoms with Crippen LogP contribution in [0.1, 0.15) is 70.7 Å². The van der Waals surface area contributed by atoms with Gasteiger partial charge in [-0.1, -0.05) is 30.3 Å². The summed E-state index contributed by atoms with van der Waals surface area (Å²) in [6.45, 7) is 14.9. The molecule has 0 radical (unpaired) electrons. The average Bonchev–Trinajstić information content (AvgIpc) is 2.86. The number of rotatable bonds is 11. The number of carbonyl (C=O) groups excluding carboxylic acids is 1. The standard InChI is InChI=1S/C32H40N2O3/c1-22(2)34(23(3)4)31(35)32(6,7)28-13-17-30(18-14-28)37-21-26-10-8-9-25(19-26)20-36-29-15-11-27(12-16-29)24(5)33/h8-19,22-23,33H,20-21H2,1-7H3. The third-order valence-corrected chi connectivity index (χ3v) is 6.55. The van der Waals surface area contributed by atoms with E-state index >= 15 is 0 Å². The summed E-state index contributed by atoms with van der Waals surface area (Å²) in [6.07, 6.45) is 0. The van der Waals surface area contributed by atoms with Gasteiger partial charge in [0.05, 0.1) is 5.41 Å². The monoisotopic (exact) mass is 500 g/mol. The topological polar surface area (TPSA) is 62.6 Å².